The van der Waals surface area contributed by atoms with Gasteiger partial charge in [0, 0.05) is 6.04 Å². The van der Waals surface area contributed by atoms with Crippen molar-refractivity contribution in [1.29, 1.82) is 0 Å². The average Bonchev–Trinajstić information content (AvgIpc) is 2.55. The highest BCUT2D eigenvalue weighted by Gasteiger charge is 2.09. The number of nitrogens with zero attached hydrogens (tertiary/aromatic N) is 1. The third kappa shape index (κ3) is 1.80. The molecule has 0 aliphatic rings. The molecule has 1 N–H and O–H groups in total. The first-order valence-electron chi connectivity index (χ1n) is 4.87. The molecule has 4 heteroatoms. The standard InChI is InChI=1S/C11H14N2O2/c1-7(13(2)3)8-4-5-10-9(6-8)12-11(14)15-10/h4-7H,1-3H3,(H,12,14). The molecule has 15 heavy (non-hydrogen) atoms. The Hall–Kier alpha value is -1.55. The fourth-order valence-electron chi connectivity index (χ4n) is 1.53. The monoisotopic (exact) mass is 206 g/mol. The van der Waals surface area contributed by atoms with Gasteiger partial charge in [0.1, 0.15) is 0 Å². The van der Waals surface area contributed by atoms with Gasteiger partial charge in [-0.25, -0.2) is 4.79 Å². The minimum absolute atomic E-state index is 0.313. The third-order valence-corrected chi connectivity index (χ3v) is 2.70. The van der Waals surface area contributed by atoms with Crippen molar-refractivity contribution in [3.63, 3.8) is 0 Å². The van der Waals surface area contributed by atoms with Gasteiger partial charge in [-0.1, -0.05) is 6.07 Å². The van der Waals surface area contributed by atoms with Crippen LogP contribution in [0.5, 0.6) is 0 Å². The summed E-state index contributed by atoms with van der Waals surface area (Å²) in [4.78, 5) is 15.7. The van der Waals surface area contributed by atoms with Gasteiger partial charge in [0.15, 0.2) is 5.58 Å². The summed E-state index contributed by atoms with van der Waals surface area (Å²) in [6.45, 7) is 2.11. The maximum absolute atomic E-state index is 11.0. The number of fused-ring (bicyclic) bond motifs is 1. The molecule has 0 aliphatic heterocycles. The van der Waals surface area contributed by atoms with Crippen LogP contribution in [0.25, 0.3) is 11.1 Å². The van der Waals surface area contributed by atoms with Gasteiger partial charge in [0.25, 0.3) is 0 Å². The fourth-order valence-corrected chi connectivity index (χ4v) is 1.53. The Kier molecular flexibility index (Phi) is 2.36. The van der Waals surface area contributed by atoms with Crippen LogP contribution in [0.2, 0.25) is 0 Å². The molecule has 80 valence electrons. The molecule has 0 radical (unpaired) electrons. The SMILES string of the molecule is CC(c1ccc2oc(=O)[nH]c2c1)N(C)C. The first kappa shape index (κ1) is 9.98. The van der Waals surface area contributed by atoms with Crippen molar-refractivity contribution < 1.29 is 4.42 Å². The van der Waals surface area contributed by atoms with E-state index < -0.39 is 5.76 Å². The summed E-state index contributed by atoms with van der Waals surface area (Å²) in [5.41, 5.74) is 2.52. The average molecular weight is 206 g/mol. The Morgan fingerprint density at radius 3 is 2.80 bits per heavy atom. The Morgan fingerprint density at radius 1 is 1.40 bits per heavy atom. The topological polar surface area (TPSA) is 49.2 Å². The number of nitrogens with one attached hydrogen (secondary N) is 1. The zero-order valence-corrected chi connectivity index (χ0v) is 9.07. The highest BCUT2D eigenvalue weighted by atomic mass is 16.4. The molecule has 0 amide bonds. The van der Waals surface area contributed by atoms with Crippen molar-refractivity contribution in [2.45, 2.75) is 13.0 Å². The molecule has 1 aromatic carbocycles. The molecular weight excluding hydrogens is 192 g/mol. The van der Waals surface area contributed by atoms with E-state index in [1.54, 1.807) is 0 Å². The highest BCUT2D eigenvalue weighted by Crippen LogP contribution is 2.20. The van der Waals surface area contributed by atoms with E-state index in [1.807, 2.05) is 32.3 Å². The van der Waals surface area contributed by atoms with Gasteiger partial charge < -0.3 is 9.32 Å². The van der Waals surface area contributed by atoms with Gasteiger partial charge in [0.05, 0.1) is 5.52 Å². The molecule has 2 rings (SSSR count). The second kappa shape index (κ2) is 3.55. The Labute approximate surface area is 87.5 Å². The normalized spacial score (nSPS) is 13.6. The molecule has 0 saturated carbocycles. The van der Waals surface area contributed by atoms with Crippen molar-refractivity contribution in [2.75, 3.05) is 14.1 Å². The molecule has 0 aliphatic carbocycles. The van der Waals surface area contributed by atoms with Crippen LogP contribution < -0.4 is 5.76 Å². The quantitative estimate of drug-likeness (QED) is 0.814. The maximum atomic E-state index is 11.0. The summed E-state index contributed by atoms with van der Waals surface area (Å²) in [6, 6.07) is 6.06. The highest BCUT2D eigenvalue weighted by molar-refractivity contribution is 5.72. The zero-order chi connectivity index (χ0) is 11.0. The van der Waals surface area contributed by atoms with Gasteiger partial charge in [-0.05, 0) is 38.7 Å². The minimum Gasteiger partial charge on any atom is -0.408 e. The predicted molar refractivity (Wildman–Crippen MR) is 58.9 cm³/mol. The smallest absolute Gasteiger partial charge is 0.408 e. The van der Waals surface area contributed by atoms with Crippen LogP contribution in [-0.2, 0) is 0 Å². The Bertz CT molecular complexity index is 525. The van der Waals surface area contributed by atoms with E-state index >= 15 is 0 Å². The van der Waals surface area contributed by atoms with Gasteiger partial charge in [-0.3, -0.25) is 4.98 Å². The molecule has 1 aromatic heterocycles. The molecule has 1 heterocycles. The van der Waals surface area contributed by atoms with Crippen LogP contribution in [0.4, 0.5) is 0 Å². The van der Waals surface area contributed by atoms with E-state index in [0.29, 0.717) is 11.6 Å². The number of benzene rings is 1. The lowest BCUT2D eigenvalue weighted by atomic mass is 10.1. The molecule has 2 aromatic rings. The van der Waals surface area contributed by atoms with Gasteiger partial charge in [-0.2, -0.15) is 0 Å². The van der Waals surface area contributed by atoms with Crippen LogP contribution in [-0.4, -0.2) is 24.0 Å². The number of aromatic nitrogens is 1. The minimum atomic E-state index is -0.403. The Balaban J connectivity index is 2.50. The third-order valence-electron chi connectivity index (χ3n) is 2.70. The predicted octanol–water partition coefficient (Wildman–Crippen LogP) is 1.74. The second-order valence-corrected chi connectivity index (χ2v) is 3.91. The molecule has 1 atom stereocenters. The molecule has 0 spiro atoms. The van der Waals surface area contributed by atoms with Gasteiger partial charge in [-0.15, -0.1) is 0 Å². The lowest BCUT2D eigenvalue weighted by Crippen LogP contribution is -2.16. The van der Waals surface area contributed by atoms with E-state index in [0.717, 1.165) is 11.1 Å². The zero-order valence-electron chi connectivity index (χ0n) is 9.07. The molecule has 0 bridgehead atoms. The van der Waals surface area contributed by atoms with E-state index in [1.165, 1.54) is 0 Å². The number of H-pyrrole nitrogens is 1. The first-order valence-corrected chi connectivity index (χ1v) is 4.87. The number of hydrogen-bond donors (Lipinski definition) is 1. The van der Waals surface area contributed by atoms with E-state index in [-0.39, 0.29) is 0 Å². The van der Waals surface area contributed by atoms with E-state index in [9.17, 15) is 4.79 Å². The van der Waals surface area contributed by atoms with Crippen molar-refractivity contribution in [1.82, 2.24) is 9.88 Å². The fraction of sp³-hybridized carbons (Fsp3) is 0.364. The lowest BCUT2D eigenvalue weighted by Gasteiger charge is -2.19. The molecule has 0 saturated heterocycles. The van der Waals surface area contributed by atoms with Crippen LogP contribution >= 0.6 is 0 Å². The van der Waals surface area contributed by atoms with Crippen LogP contribution in [0.3, 0.4) is 0 Å². The first-order chi connectivity index (χ1) is 7.08. The van der Waals surface area contributed by atoms with Crippen molar-refractivity contribution in [3.05, 3.63) is 34.3 Å². The maximum Gasteiger partial charge on any atom is 0.417 e. The molecule has 4 nitrogen and oxygen atoms in total. The van der Waals surface area contributed by atoms with Gasteiger partial charge >= 0.3 is 5.76 Å². The summed E-state index contributed by atoms with van der Waals surface area (Å²) in [5.74, 6) is -0.403. The van der Waals surface area contributed by atoms with Crippen LogP contribution in [0.1, 0.15) is 18.5 Å². The summed E-state index contributed by atoms with van der Waals surface area (Å²) < 4.78 is 4.94. The van der Waals surface area contributed by atoms with Crippen LogP contribution in [0.15, 0.2) is 27.4 Å². The van der Waals surface area contributed by atoms with Gasteiger partial charge in [0.2, 0.25) is 0 Å². The second-order valence-electron chi connectivity index (χ2n) is 3.91. The summed E-state index contributed by atoms with van der Waals surface area (Å²) >= 11 is 0. The van der Waals surface area contributed by atoms with E-state index in [2.05, 4.69) is 16.8 Å². The summed E-state index contributed by atoms with van der Waals surface area (Å²) in [5, 5.41) is 0. The Morgan fingerprint density at radius 2 is 2.13 bits per heavy atom. The number of rotatable bonds is 2. The number of oxazole rings is 1. The molecule has 0 fully saturated rings. The van der Waals surface area contributed by atoms with Crippen molar-refractivity contribution in [2.24, 2.45) is 0 Å². The lowest BCUT2D eigenvalue weighted by molar-refractivity contribution is 0.321. The van der Waals surface area contributed by atoms with Crippen molar-refractivity contribution in [3.8, 4) is 0 Å². The van der Waals surface area contributed by atoms with Crippen molar-refractivity contribution >= 4 is 11.1 Å². The number of aromatic amines is 1. The van der Waals surface area contributed by atoms with E-state index in [4.69, 9.17) is 4.42 Å². The molecular formula is C11H14N2O2. The summed E-state index contributed by atoms with van der Waals surface area (Å²) in [7, 11) is 4.04. The largest absolute Gasteiger partial charge is 0.417 e. The molecule has 1 unspecified atom stereocenters. The summed E-state index contributed by atoms with van der Waals surface area (Å²) in [6.07, 6.45) is 0. The van der Waals surface area contributed by atoms with Crippen LogP contribution in [0, 0.1) is 0 Å². The number of hydrogen-bond acceptors (Lipinski definition) is 3.